The molecule has 0 bridgehead atoms. The number of aromatic nitrogens is 2. The Morgan fingerprint density at radius 2 is 2.16 bits per heavy atom. The van der Waals surface area contributed by atoms with Crippen molar-refractivity contribution in [1.29, 1.82) is 0 Å². The number of amides is 1. The van der Waals surface area contributed by atoms with E-state index >= 15 is 0 Å². The number of carbonyl (C=O) groups is 1. The standard InChI is InChI=1S/C14H14N4O/c1-9-6-10-4-2-3-5-12(10)18(9)14(19)11-7-16-8-13(15)17-11/h2-5,7-9H,6H2,1H3,(H2,15,17). The molecule has 1 aromatic carbocycles. The Balaban J connectivity index is 2.01. The van der Waals surface area contributed by atoms with Gasteiger partial charge in [-0.2, -0.15) is 0 Å². The highest BCUT2D eigenvalue weighted by molar-refractivity contribution is 6.06. The molecule has 5 nitrogen and oxygen atoms in total. The molecule has 2 aromatic rings. The summed E-state index contributed by atoms with van der Waals surface area (Å²) in [6.07, 6.45) is 3.74. The lowest BCUT2D eigenvalue weighted by Crippen LogP contribution is -2.36. The van der Waals surface area contributed by atoms with Crippen molar-refractivity contribution in [2.75, 3.05) is 10.6 Å². The largest absolute Gasteiger partial charge is 0.382 e. The zero-order chi connectivity index (χ0) is 13.4. The molecule has 0 radical (unpaired) electrons. The van der Waals surface area contributed by atoms with E-state index < -0.39 is 0 Å². The Morgan fingerprint density at radius 1 is 1.37 bits per heavy atom. The summed E-state index contributed by atoms with van der Waals surface area (Å²) in [7, 11) is 0. The number of nitrogen functional groups attached to an aromatic ring is 1. The van der Waals surface area contributed by atoms with Gasteiger partial charge in [0.1, 0.15) is 11.5 Å². The third-order valence-electron chi connectivity index (χ3n) is 3.30. The molecule has 1 unspecified atom stereocenters. The van der Waals surface area contributed by atoms with Gasteiger partial charge in [0.15, 0.2) is 0 Å². The minimum absolute atomic E-state index is 0.119. The Labute approximate surface area is 111 Å². The molecule has 0 spiro atoms. The second-order valence-electron chi connectivity index (χ2n) is 4.69. The summed E-state index contributed by atoms with van der Waals surface area (Å²) in [4.78, 5) is 22.3. The van der Waals surface area contributed by atoms with Gasteiger partial charge in [0.05, 0.1) is 12.4 Å². The molecular weight excluding hydrogens is 240 g/mol. The fourth-order valence-electron chi connectivity index (χ4n) is 2.48. The molecule has 0 aliphatic carbocycles. The smallest absolute Gasteiger partial charge is 0.278 e. The first-order chi connectivity index (χ1) is 9.16. The van der Waals surface area contributed by atoms with Crippen LogP contribution >= 0.6 is 0 Å². The lowest BCUT2D eigenvalue weighted by molar-refractivity contribution is 0.0976. The summed E-state index contributed by atoms with van der Waals surface area (Å²) >= 11 is 0. The molecule has 1 atom stereocenters. The average molecular weight is 254 g/mol. The average Bonchev–Trinajstić information content (AvgIpc) is 2.74. The van der Waals surface area contributed by atoms with Crippen LogP contribution in [0, 0.1) is 0 Å². The van der Waals surface area contributed by atoms with Crippen LogP contribution in [0.4, 0.5) is 11.5 Å². The highest BCUT2D eigenvalue weighted by Gasteiger charge is 2.31. The number of fused-ring (bicyclic) bond motifs is 1. The normalized spacial score (nSPS) is 17.3. The molecule has 1 aliphatic heterocycles. The topological polar surface area (TPSA) is 72.1 Å². The second kappa shape index (κ2) is 4.35. The zero-order valence-corrected chi connectivity index (χ0v) is 10.6. The molecule has 0 saturated heterocycles. The number of anilines is 2. The van der Waals surface area contributed by atoms with E-state index in [9.17, 15) is 4.79 Å². The molecule has 2 N–H and O–H groups in total. The molecule has 19 heavy (non-hydrogen) atoms. The first kappa shape index (κ1) is 11.6. The number of benzene rings is 1. The van der Waals surface area contributed by atoms with Gasteiger partial charge in [0, 0.05) is 11.7 Å². The van der Waals surface area contributed by atoms with E-state index in [4.69, 9.17) is 5.73 Å². The van der Waals surface area contributed by atoms with Gasteiger partial charge in [-0.05, 0) is 25.0 Å². The Kier molecular flexibility index (Phi) is 2.67. The Morgan fingerprint density at radius 3 is 2.95 bits per heavy atom. The molecule has 5 heteroatoms. The number of carbonyl (C=O) groups excluding carboxylic acids is 1. The first-order valence-corrected chi connectivity index (χ1v) is 6.16. The minimum atomic E-state index is -0.155. The number of nitrogens with two attached hydrogens (primary N) is 1. The van der Waals surface area contributed by atoms with Crippen LogP contribution in [0.25, 0.3) is 0 Å². The quantitative estimate of drug-likeness (QED) is 0.839. The van der Waals surface area contributed by atoms with Crippen LogP contribution in [0.5, 0.6) is 0 Å². The molecule has 0 fully saturated rings. The van der Waals surface area contributed by atoms with Crippen molar-refractivity contribution in [3.63, 3.8) is 0 Å². The number of hydrogen-bond donors (Lipinski definition) is 1. The Bertz CT molecular complexity index is 641. The third kappa shape index (κ3) is 1.93. The van der Waals surface area contributed by atoms with Gasteiger partial charge in [-0.1, -0.05) is 18.2 Å². The van der Waals surface area contributed by atoms with Crippen LogP contribution in [0.2, 0.25) is 0 Å². The maximum Gasteiger partial charge on any atom is 0.278 e. The molecule has 2 heterocycles. The van der Waals surface area contributed by atoms with Gasteiger partial charge in [-0.3, -0.25) is 9.78 Å². The monoisotopic (exact) mass is 254 g/mol. The van der Waals surface area contributed by atoms with Crippen molar-refractivity contribution in [3.05, 3.63) is 47.9 Å². The predicted molar refractivity (Wildman–Crippen MR) is 72.9 cm³/mol. The van der Waals surface area contributed by atoms with E-state index in [1.54, 1.807) is 4.90 Å². The summed E-state index contributed by atoms with van der Waals surface area (Å²) < 4.78 is 0. The van der Waals surface area contributed by atoms with E-state index in [-0.39, 0.29) is 23.5 Å². The van der Waals surface area contributed by atoms with Crippen LogP contribution in [0.3, 0.4) is 0 Å². The van der Waals surface area contributed by atoms with Crippen molar-refractivity contribution in [1.82, 2.24) is 9.97 Å². The summed E-state index contributed by atoms with van der Waals surface area (Å²) in [5.41, 5.74) is 7.99. The lowest BCUT2D eigenvalue weighted by Gasteiger charge is -2.22. The van der Waals surface area contributed by atoms with Crippen molar-refractivity contribution in [3.8, 4) is 0 Å². The number of rotatable bonds is 1. The van der Waals surface area contributed by atoms with Gasteiger partial charge >= 0.3 is 0 Å². The highest BCUT2D eigenvalue weighted by Crippen LogP contribution is 2.32. The summed E-state index contributed by atoms with van der Waals surface area (Å²) in [6, 6.07) is 8.04. The van der Waals surface area contributed by atoms with Crippen molar-refractivity contribution < 1.29 is 4.79 Å². The van der Waals surface area contributed by atoms with E-state index in [1.165, 1.54) is 18.0 Å². The van der Waals surface area contributed by atoms with E-state index in [1.807, 2.05) is 31.2 Å². The minimum Gasteiger partial charge on any atom is -0.382 e. The van der Waals surface area contributed by atoms with E-state index in [2.05, 4.69) is 9.97 Å². The van der Waals surface area contributed by atoms with Crippen LogP contribution < -0.4 is 10.6 Å². The fourth-order valence-corrected chi connectivity index (χ4v) is 2.48. The molecule has 3 rings (SSSR count). The Hall–Kier alpha value is -2.43. The maximum atomic E-state index is 12.5. The summed E-state index contributed by atoms with van der Waals surface area (Å²) in [6.45, 7) is 2.03. The lowest BCUT2D eigenvalue weighted by atomic mass is 10.1. The van der Waals surface area contributed by atoms with Gasteiger partial charge in [0.2, 0.25) is 0 Å². The van der Waals surface area contributed by atoms with Gasteiger partial charge in [-0.25, -0.2) is 4.98 Å². The van der Waals surface area contributed by atoms with E-state index in [0.29, 0.717) is 0 Å². The number of para-hydroxylation sites is 1. The van der Waals surface area contributed by atoms with Crippen molar-refractivity contribution >= 4 is 17.4 Å². The van der Waals surface area contributed by atoms with Crippen LogP contribution in [0.1, 0.15) is 23.0 Å². The molecule has 1 amide bonds. The second-order valence-corrected chi connectivity index (χ2v) is 4.69. The van der Waals surface area contributed by atoms with Crippen molar-refractivity contribution in [2.24, 2.45) is 0 Å². The molecule has 96 valence electrons. The van der Waals surface area contributed by atoms with Crippen LogP contribution in [-0.4, -0.2) is 21.9 Å². The van der Waals surface area contributed by atoms with Crippen LogP contribution in [0.15, 0.2) is 36.7 Å². The van der Waals surface area contributed by atoms with Gasteiger partial charge < -0.3 is 10.6 Å². The number of nitrogens with zero attached hydrogens (tertiary/aromatic N) is 3. The fraction of sp³-hybridized carbons (Fsp3) is 0.214. The molecular formula is C14H14N4O. The molecule has 0 saturated carbocycles. The van der Waals surface area contributed by atoms with Crippen LogP contribution in [-0.2, 0) is 6.42 Å². The summed E-state index contributed by atoms with van der Waals surface area (Å²) in [5, 5.41) is 0. The number of hydrogen-bond acceptors (Lipinski definition) is 4. The van der Waals surface area contributed by atoms with Gasteiger partial charge in [0.25, 0.3) is 5.91 Å². The predicted octanol–water partition coefficient (Wildman–Crippen LogP) is 1.65. The summed E-state index contributed by atoms with van der Waals surface area (Å²) in [5.74, 6) is 0.100. The third-order valence-corrected chi connectivity index (χ3v) is 3.30. The molecule has 1 aromatic heterocycles. The van der Waals surface area contributed by atoms with E-state index in [0.717, 1.165) is 12.1 Å². The van der Waals surface area contributed by atoms with Crippen molar-refractivity contribution in [2.45, 2.75) is 19.4 Å². The molecule has 1 aliphatic rings. The SMILES string of the molecule is CC1Cc2ccccc2N1C(=O)c1cncc(N)n1. The van der Waals surface area contributed by atoms with Gasteiger partial charge in [-0.15, -0.1) is 0 Å². The highest BCUT2D eigenvalue weighted by atomic mass is 16.2. The zero-order valence-electron chi connectivity index (χ0n) is 10.6. The maximum absolute atomic E-state index is 12.5. The first-order valence-electron chi connectivity index (χ1n) is 6.16.